The van der Waals surface area contributed by atoms with E-state index in [4.69, 9.17) is 5.11 Å². The molecule has 0 aromatic carbocycles. The molecule has 1 unspecified atom stereocenters. The summed E-state index contributed by atoms with van der Waals surface area (Å²) in [7, 11) is 0. The van der Waals surface area contributed by atoms with Gasteiger partial charge in [-0.3, -0.25) is 4.79 Å². The highest BCUT2D eigenvalue weighted by Gasteiger charge is 2.20. The number of nitrogens with one attached hydrogen (secondary N) is 3. The van der Waals surface area contributed by atoms with Crippen molar-refractivity contribution in [2.24, 2.45) is 5.92 Å². The third-order valence-electron chi connectivity index (χ3n) is 2.29. The van der Waals surface area contributed by atoms with Gasteiger partial charge < -0.3 is 21.1 Å². The molecule has 0 aliphatic heterocycles. The minimum atomic E-state index is -1.08. The van der Waals surface area contributed by atoms with Gasteiger partial charge in [0.05, 0.1) is 6.54 Å². The van der Waals surface area contributed by atoms with Crippen LogP contribution in [0.15, 0.2) is 0 Å². The monoisotopic (exact) mass is 273 g/mol. The first kappa shape index (κ1) is 17.2. The van der Waals surface area contributed by atoms with Gasteiger partial charge >= 0.3 is 12.0 Å². The van der Waals surface area contributed by atoms with Crippen LogP contribution < -0.4 is 16.0 Å². The van der Waals surface area contributed by atoms with Gasteiger partial charge in [0.25, 0.3) is 0 Å². The molecule has 0 aliphatic carbocycles. The zero-order valence-corrected chi connectivity index (χ0v) is 11.7. The predicted octanol–water partition coefficient (Wildman–Crippen LogP) is 0.311. The molecule has 19 heavy (non-hydrogen) atoms. The molecule has 0 heterocycles. The summed E-state index contributed by atoms with van der Waals surface area (Å²) < 4.78 is 0. The normalized spacial score (nSPS) is 11.8. The highest BCUT2D eigenvalue weighted by Crippen LogP contribution is 2.04. The van der Waals surface area contributed by atoms with Gasteiger partial charge in [0, 0.05) is 6.54 Å². The Labute approximate surface area is 113 Å². The van der Waals surface area contributed by atoms with E-state index in [0.717, 1.165) is 6.42 Å². The summed E-state index contributed by atoms with van der Waals surface area (Å²) >= 11 is 0. The molecule has 4 N–H and O–H groups in total. The summed E-state index contributed by atoms with van der Waals surface area (Å²) in [4.78, 5) is 33.6. The van der Waals surface area contributed by atoms with E-state index >= 15 is 0 Å². The highest BCUT2D eigenvalue weighted by atomic mass is 16.4. The molecule has 110 valence electrons. The van der Waals surface area contributed by atoms with E-state index in [1.165, 1.54) is 0 Å². The van der Waals surface area contributed by atoms with Gasteiger partial charge in [-0.15, -0.1) is 0 Å². The minimum absolute atomic E-state index is 0.147. The number of carboxylic acid groups (broad SMARTS) is 1. The number of carboxylic acids is 1. The Balaban J connectivity index is 4.06. The Morgan fingerprint density at radius 3 is 2.26 bits per heavy atom. The first-order chi connectivity index (χ1) is 8.86. The molecule has 0 rings (SSSR count). The summed E-state index contributed by atoms with van der Waals surface area (Å²) in [6.07, 6.45) is 1.15. The van der Waals surface area contributed by atoms with Gasteiger partial charge in [-0.1, -0.05) is 20.8 Å². The van der Waals surface area contributed by atoms with Crippen LogP contribution in [-0.2, 0) is 9.59 Å². The highest BCUT2D eigenvalue weighted by molar-refractivity contribution is 5.86. The average Bonchev–Trinajstić information content (AvgIpc) is 2.32. The van der Waals surface area contributed by atoms with Crippen molar-refractivity contribution in [1.29, 1.82) is 0 Å². The van der Waals surface area contributed by atoms with Crippen molar-refractivity contribution in [3.8, 4) is 0 Å². The molecule has 0 spiro atoms. The van der Waals surface area contributed by atoms with Gasteiger partial charge in [0.15, 0.2) is 0 Å². The molecule has 1 atom stereocenters. The number of rotatable bonds is 8. The van der Waals surface area contributed by atoms with Crippen LogP contribution in [0.3, 0.4) is 0 Å². The molecule has 0 radical (unpaired) electrons. The number of carbonyl (C=O) groups excluding carboxylic acids is 2. The van der Waals surface area contributed by atoms with Crippen molar-refractivity contribution in [3.05, 3.63) is 0 Å². The van der Waals surface area contributed by atoms with Crippen LogP contribution in [0.4, 0.5) is 4.79 Å². The van der Waals surface area contributed by atoms with Crippen LogP contribution in [0.25, 0.3) is 0 Å². The summed E-state index contributed by atoms with van der Waals surface area (Å²) in [6, 6.07) is -1.60. The smallest absolute Gasteiger partial charge is 0.326 e. The summed E-state index contributed by atoms with van der Waals surface area (Å²) in [5.74, 6) is -1.23. The van der Waals surface area contributed by atoms with E-state index in [1.807, 2.05) is 20.8 Å². The quantitative estimate of drug-likeness (QED) is 0.510. The molecule has 7 heteroatoms. The van der Waals surface area contributed by atoms with E-state index in [-0.39, 0.29) is 18.4 Å². The average molecular weight is 273 g/mol. The zero-order chi connectivity index (χ0) is 14.8. The second-order valence-electron chi connectivity index (χ2n) is 4.70. The van der Waals surface area contributed by atoms with Crippen LogP contribution >= 0.6 is 0 Å². The molecule has 0 fully saturated rings. The molecule has 3 amide bonds. The molecule has 0 aliphatic rings. The van der Waals surface area contributed by atoms with Crippen LogP contribution in [0.5, 0.6) is 0 Å². The third kappa shape index (κ3) is 8.87. The lowest BCUT2D eigenvalue weighted by atomic mass is 10.0. The summed E-state index contributed by atoms with van der Waals surface area (Å²) in [6.45, 7) is 6.04. The van der Waals surface area contributed by atoms with Crippen molar-refractivity contribution >= 4 is 17.9 Å². The lowest BCUT2D eigenvalue weighted by Gasteiger charge is -2.16. The molecule has 7 nitrogen and oxygen atoms in total. The van der Waals surface area contributed by atoms with Gasteiger partial charge in [-0.05, 0) is 18.8 Å². The molecular formula is C12H23N3O4. The Kier molecular flexibility index (Phi) is 8.32. The molecule has 0 bridgehead atoms. The van der Waals surface area contributed by atoms with Crippen LogP contribution in [0.1, 0.15) is 33.6 Å². The van der Waals surface area contributed by atoms with E-state index in [2.05, 4.69) is 16.0 Å². The Morgan fingerprint density at radius 1 is 1.16 bits per heavy atom. The van der Waals surface area contributed by atoms with Crippen LogP contribution in [0.2, 0.25) is 0 Å². The van der Waals surface area contributed by atoms with Crippen molar-refractivity contribution in [2.45, 2.75) is 39.7 Å². The Bertz CT molecular complexity index is 318. The number of carbonyl (C=O) groups is 3. The molecule has 0 saturated carbocycles. The zero-order valence-electron chi connectivity index (χ0n) is 11.7. The number of amides is 3. The topological polar surface area (TPSA) is 108 Å². The second-order valence-corrected chi connectivity index (χ2v) is 4.70. The Hall–Kier alpha value is -1.79. The second kappa shape index (κ2) is 9.18. The number of hydrogen-bond donors (Lipinski definition) is 4. The first-order valence-corrected chi connectivity index (χ1v) is 6.40. The fraction of sp³-hybridized carbons (Fsp3) is 0.750. The number of hydrogen-bond acceptors (Lipinski definition) is 3. The van der Waals surface area contributed by atoms with Gasteiger partial charge in [-0.25, -0.2) is 9.59 Å². The largest absolute Gasteiger partial charge is 0.480 e. The van der Waals surface area contributed by atoms with E-state index in [0.29, 0.717) is 13.0 Å². The SMILES string of the molecule is CCCNC(=O)CNC(=O)NC(CC(C)C)C(=O)O. The first-order valence-electron chi connectivity index (χ1n) is 6.40. The number of aliphatic carboxylic acids is 1. The van der Waals surface area contributed by atoms with E-state index in [1.54, 1.807) is 0 Å². The van der Waals surface area contributed by atoms with Crippen LogP contribution in [-0.4, -0.2) is 42.1 Å². The summed E-state index contributed by atoms with van der Waals surface area (Å²) in [5, 5.41) is 16.2. The fourth-order valence-electron chi connectivity index (χ4n) is 1.39. The minimum Gasteiger partial charge on any atom is -0.480 e. The molecular weight excluding hydrogens is 250 g/mol. The third-order valence-corrected chi connectivity index (χ3v) is 2.29. The van der Waals surface area contributed by atoms with E-state index in [9.17, 15) is 14.4 Å². The number of urea groups is 1. The van der Waals surface area contributed by atoms with Crippen molar-refractivity contribution in [3.63, 3.8) is 0 Å². The van der Waals surface area contributed by atoms with Crippen molar-refractivity contribution < 1.29 is 19.5 Å². The lowest BCUT2D eigenvalue weighted by molar-refractivity contribution is -0.139. The molecule has 0 aromatic rings. The standard InChI is InChI=1S/C12H23N3O4/c1-4-5-13-10(16)7-14-12(19)15-9(11(17)18)6-8(2)3/h8-9H,4-7H2,1-3H3,(H,13,16)(H,17,18)(H2,14,15,19). The van der Waals surface area contributed by atoms with Gasteiger partial charge in [0.1, 0.15) is 6.04 Å². The lowest BCUT2D eigenvalue weighted by Crippen LogP contribution is -2.48. The molecule has 0 saturated heterocycles. The fourth-order valence-corrected chi connectivity index (χ4v) is 1.39. The van der Waals surface area contributed by atoms with E-state index < -0.39 is 18.0 Å². The maximum atomic E-state index is 11.5. The van der Waals surface area contributed by atoms with Crippen LogP contribution in [0, 0.1) is 5.92 Å². The predicted molar refractivity (Wildman–Crippen MR) is 70.7 cm³/mol. The van der Waals surface area contributed by atoms with Crippen molar-refractivity contribution in [2.75, 3.05) is 13.1 Å². The van der Waals surface area contributed by atoms with Gasteiger partial charge in [0.2, 0.25) is 5.91 Å². The maximum absolute atomic E-state index is 11.5. The van der Waals surface area contributed by atoms with Crippen molar-refractivity contribution in [1.82, 2.24) is 16.0 Å². The maximum Gasteiger partial charge on any atom is 0.326 e. The molecule has 0 aromatic heterocycles. The van der Waals surface area contributed by atoms with Gasteiger partial charge in [-0.2, -0.15) is 0 Å². The Morgan fingerprint density at radius 2 is 1.79 bits per heavy atom. The summed E-state index contributed by atoms with van der Waals surface area (Å²) in [5.41, 5.74) is 0.